The van der Waals surface area contributed by atoms with Crippen molar-refractivity contribution in [2.45, 2.75) is 205 Å². The number of carbonyl (C=O) groups is 1. The summed E-state index contributed by atoms with van der Waals surface area (Å²) in [6, 6.07) is 0. The van der Waals surface area contributed by atoms with Gasteiger partial charge in [0.1, 0.15) is 6.10 Å². The second-order valence-electron chi connectivity index (χ2n) is 12.6. The van der Waals surface area contributed by atoms with E-state index in [4.69, 9.17) is 4.74 Å². The first-order valence-electron chi connectivity index (χ1n) is 17.4. The van der Waals surface area contributed by atoms with Gasteiger partial charge >= 0.3 is 5.97 Å². The molecular formula is C35H66O5. The highest BCUT2D eigenvalue weighted by atomic mass is 16.5. The van der Waals surface area contributed by atoms with E-state index in [-0.39, 0.29) is 24.3 Å². The SMILES string of the molecule is CCCCCCCCCCCCCCC(O)CCCCCCCC(O)CCCCCC(O)CC1=CC(C)OC1=O. The molecule has 0 aromatic heterocycles. The first-order chi connectivity index (χ1) is 19.4. The zero-order valence-corrected chi connectivity index (χ0v) is 26.4. The van der Waals surface area contributed by atoms with E-state index in [2.05, 4.69) is 6.92 Å². The molecule has 0 saturated heterocycles. The van der Waals surface area contributed by atoms with Crippen LogP contribution in [0.4, 0.5) is 0 Å². The van der Waals surface area contributed by atoms with Gasteiger partial charge in [-0.05, 0) is 45.1 Å². The summed E-state index contributed by atoms with van der Waals surface area (Å²) >= 11 is 0. The summed E-state index contributed by atoms with van der Waals surface area (Å²) in [5.41, 5.74) is 0.599. The molecular weight excluding hydrogens is 500 g/mol. The third kappa shape index (κ3) is 21.8. The van der Waals surface area contributed by atoms with E-state index in [0.717, 1.165) is 64.2 Å². The number of aliphatic hydroxyl groups excluding tert-OH is 3. The van der Waals surface area contributed by atoms with Crippen LogP contribution in [0, 0.1) is 0 Å². The van der Waals surface area contributed by atoms with E-state index in [0.29, 0.717) is 18.4 Å². The van der Waals surface area contributed by atoms with Gasteiger partial charge in [0, 0.05) is 12.0 Å². The Hall–Kier alpha value is -0.910. The van der Waals surface area contributed by atoms with E-state index in [1.54, 1.807) is 6.08 Å². The van der Waals surface area contributed by atoms with Gasteiger partial charge < -0.3 is 20.1 Å². The number of carbonyl (C=O) groups excluding carboxylic acids is 1. The minimum absolute atomic E-state index is 0.119. The van der Waals surface area contributed by atoms with Crippen molar-refractivity contribution < 1.29 is 24.9 Å². The summed E-state index contributed by atoms with van der Waals surface area (Å²) in [5.74, 6) is -0.294. The van der Waals surface area contributed by atoms with Crippen molar-refractivity contribution in [2.75, 3.05) is 0 Å². The van der Waals surface area contributed by atoms with Crippen LogP contribution in [0.25, 0.3) is 0 Å². The van der Waals surface area contributed by atoms with Gasteiger partial charge in [-0.2, -0.15) is 0 Å². The van der Waals surface area contributed by atoms with Crippen LogP contribution in [0.15, 0.2) is 11.6 Å². The van der Waals surface area contributed by atoms with Crippen molar-refractivity contribution in [3.05, 3.63) is 11.6 Å². The number of cyclic esters (lactones) is 1. The number of esters is 1. The molecule has 0 bridgehead atoms. The monoisotopic (exact) mass is 566 g/mol. The molecule has 0 aromatic rings. The van der Waals surface area contributed by atoms with Crippen molar-refractivity contribution in [3.63, 3.8) is 0 Å². The summed E-state index contributed by atoms with van der Waals surface area (Å²) in [6.45, 7) is 4.10. The highest BCUT2D eigenvalue weighted by Gasteiger charge is 2.24. The Morgan fingerprint density at radius 3 is 1.25 bits per heavy atom. The molecule has 5 nitrogen and oxygen atoms in total. The van der Waals surface area contributed by atoms with E-state index in [1.807, 2.05) is 6.92 Å². The van der Waals surface area contributed by atoms with Gasteiger partial charge in [-0.15, -0.1) is 0 Å². The van der Waals surface area contributed by atoms with Crippen molar-refractivity contribution in [3.8, 4) is 0 Å². The molecule has 0 aromatic carbocycles. The predicted octanol–water partition coefficient (Wildman–Crippen LogP) is 9.10. The number of hydrogen-bond acceptors (Lipinski definition) is 5. The molecule has 3 N–H and O–H groups in total. The summed E-state index contributed by atoms with van der Waals surface area (Å²) < 4.78 is 5.07. The average Bonchev–Trinajstić information content (AvgIpc) is 3.24. The second kappa shape index (κ2) is 25.8. The van der Waals surface area contributed by atoms with Crippen molar-refractivity contribution in [1.82, 2.24) is 0 Å². The second-order valence-corrected chi connectivity index (χ2v) is 12.6. The number of rotatable bonds is 29. The van der Waals surface area contributed by atoms with Gasteiger partial charge in [0.05, 0.1) is 18.3 Å². The van der Waals surface area contributed by atoms with Crippen molar-refractivity contribution >= 4 is 5.97 Å². The summed E-state index contributed by atoms with van der Waals surface area (Å²) in [5, 5.41) is 30.7. The van der Waals surface area contributed by atoms with Gasteiger partial charge in [-0.3, -0.25) is 0 Å². The molecule has 1 aliphatic rings. The summed E-state index contributed by atoms with van der Waals surface area (Å²) in [7, 11) is 0. The van der Waals surface area contributed by atoms with Gasteiger partial charge in [0.15, 0.2) is 0 Å². The highest BCUT2D eigenvalue weighted by Crippen LogP contribution is 2.21. The average molecular weight is 567 g/mol. The fourth-order valence-corrected chi connectivity index (χ4v) is 5.87. The van der Waals surface area contributed by atoms with Crippen LogP contribution in [0.3, 0.4) is 0 Å². The third-order valence-electron chi connectivity index (χ3n) is 8.49. The maximum Gasteiger partial charge on any atom is 0.334 e. The van der Waals surface area contributed by atoms with Crippen molar-refractivity contribution in [2.24, 2.45) is 0 Å². The predicted molar refractivity (Wildman–Crippen MR) is 167 cm³/mol. The van der Waals surface area contributed by atoms with Gasteiger partial charge in [0.2, 0.25) is 0 Å². The lowest BCUT2D eigenvalue weighted by atomic mass is 9.99. The molecule has 1 rings (SSSR count). The Balaban J connectivity index is 1.80. The number of unbranched alkanes of at least 4 members (excludes halogenated alkanes) is 17. The molecule has 0 amide bonds. The Kier molecular flexibility index (Phi) is 23.9. The zero-order chi connectivity index (χ0) is 29.3. The van der Waals surface area contributed by atoms with E-state index >= 15 is 0 Å². The molecule has 0 aliphatic carbocycles. The highest BCUT2D eigenvalue weighted by molar-refractivity contribution is 5.90. The first-order valence-corrected chi connectivity index (χ1v) is 17.4. The molecule has 0 spiro atoms. The standard InChI is InChI=1S/C35H66O5/c1-3-4-5-6-7-8-9-10-11-12-14-18-23-32(36)24-19-15-13-16-20-25-33(37)26-21-17-22-27-34(38)29-31-28-30(2)40-35(31)39/h28,30,32-34,36-38H,3-27,29H2,1-2H3. The normalized spacial score (nSPS) is 17.6. The summed E-state index contributed by atoms with van der Waals surface area (Å²) in [4.78, 5) is 11.6. The number of hydrogen-bond donors (Lipinski definition) is 3. The van der Waals surface area contributed by atoms with E-state index in [1.165, 1.54) is 89.9 Å². The molecule has 40 heavy (non-hydrogen) atoms. The quantitative estimate of drug-likeness (QED) is 0.0621. The van der Waals surface area contributed by atoms with Crippen LogP contribution in [0.2, 0.25) is 0 Å². The van der Waals surface area contributed by atoms with Crippen molar-refractivity contribution in [1.29, 1.82) is 0 Å². The van der Waals surface area contributed by atoms with Crippen LogP contribution < -0.4 is 0 Å². The lowest BCUT2D eigenvalue weighted by molar-refractivity contribution is -0.139. The molecule has 4 unspecified atom stereocenters. The van der Waals surface area contributed by atoms with Gasteiger partial charge in [-0.1, -0.05) is 135 Å². The topological polar surface area (TPSA) is 87.0 Å². The molecule has 0 fully saturated rings. The molecule has 5 heteroatoms. The van der Waals surface area contributed by atoms with Crippen LogP contribution in [0.5, 0.6) is 0 Å². The lowest BCUT2D eigenvalue weighted by Crippen LogP contribution is -2.12. The van der Waals surface area contributed by atoms with E-state index < -0.39 is 6.10 Å². The largest absolute Gasteiger partial charge is 0.455 e. The van der Waals surface area contributed by atoms with Crippen LogP contribution in [-0.4, -0.2) is 45.7 Å². The Morgan fingerprint density at radius 2 is 0.900 bits per heavy atom. The van der Waals surface area contributed by atoms with Crippen LogP contribution in [-0.2, 0) is 9.53 Å². The van der Waals surface area contributed by atoms with Gasteiger partial charge in [0.25, 0.3) is 0 Å². The minimum atomic E-state index is -0.496. The fourth-order valence-electron chi connectivity index (χ4n) is 5.87. The zero-order valence-electron chi connectivity index (χ0n) is 26.4. The molecule has 0 saturated carbocycles. The Labute approximate surface area is 247 Å². The molecule has 1 aliphatic heterocycles. The molecule has 4 atom stereocenters. The van der Waals surface area contributed by atoms with Crippen LogP contribution in [0.1, 0.15) is 181 Å². The number of ether oxygens (including phenoxy) is 1. The van der Waals surface area contributed by atoms with E-state index in [9.17, 15) is 20.1 Å². The minimum Gasteiger partial charge on any atom is -0.455 e. The molecule has 0 radical (unpaired) electrons. The lowest BCUT2D eigenvalue weighted by Gasteiger charge is -2.12. The van der Waals surface area contributed by atoms with Crippen LogP contribution >= 0.6 is 0 Å². The third-order valence-corrected chi connectivity index (χ3v) is 8.49. The Bertz CT molecular complexity index is 619. The smallest absolute Gasteiger partial charge is 0.334 e. The maximum atomic E-state index is 11.6. The molecule has 1 heterocycles. The Morgan fingerprint density at radius 1 is 0.575 bits per heavy atom. The maximum absolute atomic E-state index is 11.6. The summed E-state index contributed by atoms with van der Waals surface area (Å²) in [6.07, 6.45) is 30.4. The van der Waals surface area contributed by atoms with Gasteiger partial charge in [-0.25, -0.2) is 4.79 Å². The molecule has 236 valence electrons. The first kappa shape index (κ1) is 37.1. The number of aliphatic hydroxyl groups is 3. The fraction of sp³-hybridized carbons (Fsp3) is 0.914.